The summed E-state index contributed by atoms with van der Waals surface area (Å²) < 4.78 is 0. The molecule has 1 aliphatic heterocycles. The predicted molar refractivity (Wildman–Crippen MR) is 90.5 cm³/mol. The molecule has 3 rings (SSSR count). The summed E-state index contributed by atoms with van der Waals surface area (Å²) in [6.45, 7) is 1.89. The molecule has 1 saturated heterocycles. The summed E-state index contributed by atoms with van der Waals surface area (Å²) in [6.07, 6.45) is 1.23. The van der Waals surface area contributed by atoms with Gasteiger partial charge in [0.15, 0.2) is 5.60 Å². The molecule has 1 fully saturated rings. The smallest absolute Gasteiger partial charge is 0.250 e. The number of carbonyl (C=O) groups excluding carboxylic acids is 1. The molecular weight excluding hydrogens is 288 g/mol. The van der Waals surface area contributed by atoms with Crippen LogP contribution in [0.5, 0.6) is 0 Å². The zero-order valence-corrected chi connectivity index (χ0v) is 13.1. The first-order valence-electron chi connectivity index (χ1n) is 7.96. The van der Waals surface area contributed by atoms with Crippen LogP contribution in [0, 0.1) is 0 Å². The molecule has 0 spiro atoms. The molecule has 2 aromatic rings. The van der Waals surface area contributed by atoms with Crippen LogP contribution in [0.15, 0.2) is 54.6 Å². The summed E-state index contributed by atoms with van der Waals surface area (Å²) in [7, 11) is 0. The lowest BCUT2D eigenvalue weighted by atomic mass is 9.92. The molecule has 2 aromatic carbocycles. The molecule has 120 valence electrons. The summed E-state index contributed by atoms with van der Waals surface area (Å²) >= 11 is 0. The van der Waals surface area contributed by atoms with Gasteiger partial charge in [0.1, 0.15) is 0 Å². The summed E-state index contributed by atoms with van der Waals surface area (Å²) in [5, 5.41) is 10.3. The normalized spacial score (nSPS) is 22.0. The van der Waals surface area contributed by atoms with Crippen LogP contribution in [0.1, 0.15) is 18.4 Å². The van der Waals surface area contributed by atoms with Crippen molar-refractivity contribution in [2.45, 2.75) is 25.0 Å². The second kappa shape index (κ2) is 6.52. The first-order valence-corrected chi connectivity index (χ1v) is 7.96. The van der Waals surface area contributed by atoms with Gasteiger partial charge in [-0.25, -0.2) is 0 Å². The maximum Gasteiger partial charge on any atom is 0.250 e. The fourth-order valence-corrected chi connectivity index (χ4v) is 3.15. The number of rotatable bonds is 4. The van der Waals surface area contributed by atoms with Crippen molar-refractivity contribution in [3.05, 3.63) is 60.2 Å². The van der Waals surface area contributed by atoms with Gasteiger partial charge in [-0.05, 0) is 36.1 Å². The van der Waals surface area contributed by atoms with Gasteiger partial charge >= 0.3 is 0 Å². The second-order valence-corrected chi connectivity index (χ2v) is 6.27. The molecular formula is C19H22N2O2. The molecule has 0 bridgehead atoms. The van der Waals surface area contributed by atoms with Crippen molar-refractivity contribution in [2.75, 3.05) is 13.1 Å². The summed E-state index contributed by atoms with van der Waals surface area (Å²) in [5.74, 6) is -0.623. The third-order valence-corrected chi connectivity index (χ3v) is 4.48. The summed E-state index contributed by atoms with van der Waals surface area (Å²) in [5.41, 5.74) is 7.48. The van der Waals surface area contributed by atoms with Gasteiger partial charge in [-0.2, -0.15) is 0 Å². The van der Waals surface area contributed by atoms with Crippen LogP contribution in [-0.4, -0.2) is 34.6 Å². The number of amides is 1. The lowest BCUT2D eigenvalue weighted by molar-refractivity contribution is -0.142. The highest BCUT2D eigenvalue weighted by Crippen LogP contribution is 2.24. The molecule has 4 nitrogen and oxygen atoms in total. The maximum atomic E-state index is 11.4. The highest BCUT2D eigenvalue weighted by molar-refractivity contribution is 5.83. The van der Waals surface area contributed by atoms with E-state index in [1.165, 1.54) is 16.7 Å². The van der Waals surface area contributed by atoms with E-state index in [4.69, 9.17) is 5.73 Å². The van der Waals surface area contributed by atoms with Crippen LogP contribution in [0.3, 0.4) is 0 Å². The first kappa shape index (κ1) is 15.7. The number of hydrogen-bond donors (Lipinski definition) is 2. The number of piperidine rings is 1. The third-order valence-electron chi connectivity index (χ3n) is 4.48. The fourth-order valence-electron chi connectivity index (χ4n) is 3.15. The minimum atomic E-state index is -1.39. The van der Waals surface area contributed by atoms with Gasteiger partial charge in [0.05, 0.1) is 0 Å². The zero-order chi connectivity index (χ0) is 16.3. The van der Waals surface area contributed by atoms with Crippen molar-refractivity contribution < 1.29 is 9.90 Å². The highest BCUT2D eigenvalue weighted by Gasteiger charge is 2.38. The molecule has 0 aromatic heterocycles. The van der Waals surface area contributed by atoms with Gasteiger partial charge in [-0.1, -0.05) is 54.6 Å². The molecule has 3 N–H and O–H groups in total. The van der Waals surface area contributed by atoms with Crippen molar-refractivity contribution in [1.29, 1.82) is 0 Å². The van der Waals surface area contributed by atoms with Crippen LogP contribution in [0.4, 0.5) is 0 Å². The molecule has 0 saturated carbocycles. The van der Waals surface area contributed by atoms with E-state index in [0.29, 0.717) is 19.5 Å². The number of aliphatic hydroxyl groups is 1. The van der Waals surface area contributed by atoms with E-state index >= 15 is 0 Å². The Bertz CT molecular complexity index is 670. The van der Waals surface area contributed by atoms with Gasteiger partial charge in [0.2, 0.25) is 0 Å². The van der Waals surface area contributed by atoms with E-state index in [1.807, 2.05) is 18.2 Å². The molecule has 4 heteroatoms. The standard InChI is InChI=1S/C19H22N2O2/c20-18(22)19(23)11-4-12-21(14-19)13-15-7-9-17(10-8-15)16-5-2-1-3-6-16/h1-3,5-10,23H,4,11-14H2,(H2,20,22). The number of carbonyl (C=O) groups is 1. The monoisotopic (exact) mass is 310 g/mol. The molecule has 1 heterocycles. The number of β-amino-alcohol motifs (C(OH)–C–C–N with tert-alkyl or cyclic N) is 1. The van der Waals surface area contributed by atoms with E-state index in [2.05, 4.69) is 41.3 Å². The van der Waals surface area contributed by atoms with Crippen molar-refractivity contribution in [2.24, 2.45) is 5.73 Å². The lowest BCUT2D eigenvalue weighted by Gasteiger charge is -2.37. The second-order valence-electron chi connectivity index (χ2n) is 6.27. The molecule has 0 radical (unpaired) electrons. The van der Waals surface area contributed by atoms with Gasteiger partial charge in [0, 0.05) is 13.1 Å². The largest absolute Gasteiger partial charge is 0.379 e. The van der Waals surface area contributed by atoms with Crippen molar-refractivity contribution in [3.8, 4) is 11.1 Å². The Labute approximate surface area is 136 Å². The lowest BCUT2D eigenvalue weighted by Crippen LogP contribution is -2.55. The van der Waals surface area contributed by atoms with E-state index in [0.717, 1.165) is 13.0 Å². The van der Waals surface area contributed by atoms with E-state index in [1.54, 1.807) is 0 Å². The number of nitrogens with zero attached hydrogens (tertiary/aromatic N) is 1. The van der Waals surface area contributed by atoms with Crippen LogP contribution >= 0.6 is 0 Å². The van der Waals surface area contributed by atoms with Crippen molar-refractivity contribution in [3.63, 3.8) is 0 Å². The Morgan fingerprint density at radius 2 is 1.74 bits per heavy atom. The first-order chi connectivity index (χ1) is 11.1. The van der Waals surface area contributed by atoms with Gasteiger partial charge in [-0.3, -0.25) is 9.69 Å². The number of hydrogen-bond acceptors (Lipinski definition) is 3. The van der Waals surface area contributed by atoms with E-state index in [-0.39, 0.29) is 0 Å². The molecule has 0 aliphatic carbocycles. The molecule has 1 unspecified atom stereocenters. The molecule has 1 aliphatic rings. The fraction of sp³-hybridized carbons (Fsp3) is 0.316. The van der Waals surface area contributed by atoms with E-state index in [9.17, 15) is 9.90 Å². The van der Waals surface area contributed by atoms with Crippen LogP contribution < -0.4 is 5.73 Å². The molecule has 1 atom stereocenters. The molecule has 23 heavy (non-hydrogen) atoms. The van der Waals surface area contributed by atoms with E-state index < -0.39 is 11.5 Å². The maximum absolute atomic E-state index is 11.4. The average molecular weight is 310 g/mol. The number of primary amides is 1. The highest BCUT2D eigenvalue weighted by atomic mass is 16.3. The summed E-state index contributed by atoms with van der Waals surface area (Å²) in [4.78, 5) is 13.5. The van der Waals surface area contributed by atoms with Crippen molar-refractivity contribution >= 4 is 5.91 Å². The van der Waals surface area contributed by atoms with Crippen LogP contribution in [0.2, 0.25) is 0 Å². The topological polar surface area (TPSA) is 66.6 Å². The Kier molecular flexibility index (Phi) is 4.46. The quantitative estimate of drug-likeness (QED) is 0.909. The Hall–Kier alpha value is -2.17. The van der Waals surface area contributed by atoms with Gasteiger partial charge in [-0.15, -0.1) is 0 Å². The summed E-state index contributed by atoms with van der Waals surface area (Å²) in [6, 6.07) is 18.7. The minimum absolute atomic E-state index is 0.308. The number of benzene rings is 2. The van der Waals surface area contributed by atoms with Gasteiger partial charge in [0.25, 0.3) is 5.91 Å². The number of likely N-dealkylation sites (tertiary alicyclic amines) is 1. The SMILES string of the molecule is NC(=O)C1(O)CCCN(Cc2ccc(-c3ccccc3)cc2)C1. The Balaban J connectivity index is 1.68. The third kappa shape index (κ3) is 3.60. The average Bonchev–Trinajstić information content (AvgIpc) is 2.56. The van der Waals surface area contributed by atoms with Crippen LogP contribution in [-0.2, 0) is 11.3 Å². The Morgan fingerprint density at radius 3 is 2.39 bits per heavy atom. The van der Waals surface area contributed by atoms with Crippen LogP contribution in [0.25, 0.3) is 11.1 Å². The number of nitrogens with two attached hydrogens (primary N) is 1. The Morgan fingerprint density at radius 1 is 1.09 bits per heavy atom. The predicted octanol–water partition coefficient (Wildman–Crippen LogP) is 2.17. The van der Waals surface area contributed by atoms with Crippen molar-refractivity contribution in [1.82, 2.24) is 4.90 Å². The van der Waals surface area contributed by atoms with Gasteiger partial charge < -0.3 is 10.8 Å². The zero-order valence-electron chi connectivity index (χ0n) is 13.1. The minimum Gasteiger partial charge on any atom is -0.379 e. The molecule has 1 amide bonds.